The molecule has 1 fully saturated rings. The molecule has 0 aliphatic carbocycles. The third kappa shape index (κ3) is 4.82. The first kappa shape index (κ1) is 19.7. The Morgan fingerprint density at radius 3 is 2.54 bits per heavy atom. The van der Waals surface area contributed by atoms with Gasteiger partial charge in [0.25, 0.3) is 0 Å². The fourth-order valence-electron chi connectivity index (χ4n) is 3.19. The molecule has 8 heteroatoms. The van der Waals surface area contributed by atoms with Crippen LogP contribution in [-0.4, -0.2) is 67.7 Å². The van der Waals surface area contributed by atoms with E-state index in [1.54, 1.807) is 27.3 Å². The summed E-state index contributed by atoms with van der Waals surface area (Å²) in [7, 11) is 3.27. The maximum Gasteiger partial charge on any atom is 0.227 e. The number of rotatable bonds is 7. The second-order valence-corrected chi connectivity index (χ2v) is 6.60. The maximum atomic E-state index is 11.5. The Hall–Kier alpha value is -3.03. The standard InChI is InChI=1S/C20H27N5O3/c1-15(26)24-10-12-25(13-11-24)20-22-9-7-19(23-20)21-8-6-16-4-5-17(27-2)18(14-16)28-3/h4-5,7,9,14H,6,8,10-13H2,1-3H3,(H,21,22,23). The van der Waals surface area contributed by atoms with Gasteiger partial charge in [0.15, 0.2) is 11.5 Å². The van der Waals surface area contributed by atoms with Crippen LogP contribution in [0.5, 0.6) is 11.5 Å². The van der Waals surface area contributed by atoms with Gasteiger partial charge in [0.1, 0.15) is 5.82 Å². The quantitative estimate of drug-likeness (QED) is 0.779. The Morgan fingerprint density at radius 1 is 1.11 bits per heavy atom. The lowest BCUT2D eigenvalue weighted by Crippen LogP contribution is -2.48. The third-order valence-corrected chi connectivity index (χ3v) is 4.82. The molecule has 0 saturated carbocycles. The van der Waals surface area contributed by atoms with Crippen molar-refractivity contribution in [3.8, 4) is 11.5 Å². The summed E-state index contributed by atoms with van der Waals surface area (Å²) in [6.07, 6.45) is 2.59. The molecule has 1 aromatic carbocycles. The summed E-state index contributed by atoms with van der Waals surface area (Å²) in [5.41, 5.74) is 1.15. The number of hydrogen-bond acceptors (Lipinski definition) is 7. The molecule has 1 amide bonds. The highest BCUT2D eigenvalue weighted by atomic mass is 16.5. The van der Waals surface area contributed by atoms with Crippen LogP contribution in [0, 0.1) is 0 Å². The zero-order chi connectivity index (χ0) is 19.9. The predicted molar refractivity (Wildman–Crippen MR) is 108 cm³/mol. The van der Waals surface area contributed by atoms with Crippen molar-refractivity contribution in [3.63, 3.8) is 0 Å². The van der Waals surface area contributed by atoms with E-state index in [0.29, 0.717) is 19.0 Å². The second-order valence-electron chi connectivity index (χ2n) is 6.60. The van der Waals surface area contributed by atoms with Gasteiger partial charge in [-0.25, -0.2) is 4.98 Å². The number of hydrogen-bond donors (Lipinski definition) is 1. The number of piperazine rings is 1. The number of ether oxygens (including phenoxy) is 2. The third-order valence-electron chi connectivity index (χ3n) is 4.82. The van der Waals surface area contributed by atoms with Gasteiger partial charge in [-0.15, -0.1) is 0 Å². The molecular weight excluding hydrogens is 358 g/mol. The van der Waals surface area contributed by atoms with Crippen molar-refractivity contribution in [1.82, 2.24) is 14.9 Å². The van der Waals surface area contributed by atoms with Crippen LogP contribution in [0.1, 0.15) is 12.5 Å². The second kappa shape index (κ2) is 9.25. The minimum Gasteiger partial charge on any atom is -0.493 e. The van der Waals surface area contributed by atoms with Crippen LogP contribution < -0.4 is 19.7 Å². The number of amides is 1. The van der Waals surface area contributed by atoms with Gasteiger partial charge in [-0.05, 0) is 30.2 Å². The Bertz CT molecular complexity index is 806. The van der Waals surface area contributed by atoms with Gasteiger partial charge in [0.05, 0.1) is 14.2 Å². The molecule has 0 bridgehead atoms. The van der Waals surface area contributed by atoms with E-state index in [1.807, 2.05) is 29.2 Å². The number of nitrogens with zero attached hydrogens (tertiary/aromatic N) is 4. The highest BCUT2D eigenvalue weighted by molar-refractivity contribution is 5.73. The van der Waals surface area contributed by atoms with E-state index in [0.717, 1.165) is 48.9 Å². The van der Waals surface area contributed by atoms with E-state index in [-0.39, 0.29) is 5.91 Å². The smallest absolute Gasteiger partial charge is 0.227 e. The normalized spacial score (nSPS) is 14.0. The largest absolute Gasteiger partial charge is 0.493 e. The Kier molecular flexibility index (Phi) is 6.52. The number of methoxy groups -OCH3 is 2. The molecule has 2 heterocycles. The molecule has 0 spiro atoms. The van der Waals surface area contributed by atoms with Crippen LogP contribution in [0.3, 0.4) is 0 Å². The monoisotopic (exact) mass is 385 g/mol. The van der Waals surface area contributed by atoms with Crippen molar-refractivity contribution in [3.05, 3.63) is 36.0 Å². The molecule has 0 atom stereocenters. The van der Waals surface area contributed by atoms with Crippen molar-refractivity contribution in [2.24, 2.45) is 0 Å². The van der Waals surface area contributed by atoms with E-state index < -0.39 is 0 Å². The molecule has 0 radical (unpaired) electrons. The summed E-state index contributed by atoms with van der Waals surface area (Å²) in [5.74, 6) is 3.06. The zero-order valence-electron chi connectivity index (χ0n) is 16.6. The molecule has 1 aliphatic rings. The molecule has 1 aliphatic heterocycles. The van der Waals surface area contributed by atoms with E-state index >= 15 is 0 Å². The van der Waals surface area contributed by atoms with Gasteiger partial charge in [-0.1, -0.05) is 6.07 Å². The molecule has 1 N–H and O–H groups in total. The highest BCUT2D eigenvalue weighted by Crippen LogP contribution is 2.27. The van der Waals surface area contributed by atoms with Crippen molar-refractivity contribution >= 4 is 17.7 Å². The van der Waals surface area contributed by atoms with E-state index in [1.165, 1.54) is 0 Å². The van der Waals surface area contributed by atoms with Crippen LogP contribution in [0.2, 0.25) is 0 Å². The molecule has 1 aromatic heterocycles. The van der Waals surface area contributed by atoms with Crippen LogP contribution in [-0.2, 0) is 11.2 Å². The molecule has 0 unspecified atom stereocenters. The molecule has 28 heavy (non-hydrogen) atoms. The first-order chi connectivity index (χ1) is 13.6. The first-order valence-corrected chi connectivity index (χ1v) is 9.39. The number of anilines is 2. The van der Waals surface area contributed by atoms with Gasteiger partial charge in [-0.2, -0.15) is 4.98 Å². The van der Waals surface area contributed by atoms with E-state index in [9.17, 15) is 4.79 Å². The molecule has 8 nitrogen and oxygen atoms in total. The maximum absolute atomic E-state index is 11.5. The number of carbonyl (C=O) groups is 1. The molecule has 1 saturated heterocycles. The number of benzene rings is 1. The highest BCUT2D eigenvalue weighted by Gasteiger charge is 2.20. The summed E-state index contributed by atoms with van der Waals surface area (Å²) in [4.78, 5) is 24.4. The van der Waals surface area contributed by atoms with Gasteiger partial charge in [0, 0.05) is 45.8 Å². The minimum absolute atomic E-state index is 0.117. The van der Waals surface area contributed by atoms with Crippen molar-refractivity contribution in [2.45, 2.75) is 13.3 Å². The number of aromatic nitrogens is 2. The lowest BCUT2D eigenvalue weighted by Gasteiger charge is -2.34. The van der Waals surface area contributed by atoms with Crippen molar-refractivity contribution in [2.75, 3.05) is 57.2 Å². The van der Waals surface area contributed by atoms with Gasteiger partial charge in [-0.3, -0.25) is 4.79 Å². The average Bonchev–Trinajstić information content (AvgIpc) is 2.74. The van der Waals surface area contributed by atoms with Crippen LogP contribution in [0.25, 0.3) is 0 Å². The van der Waals surface area contributed by atoms with Gasteiger partial charge >= 0.3 is 0 Å². The Balaban J connectivity index is 1.55. The van der Waals surface area contributed by atoms with Gasteiger partial charge < -0.3 is 24.6 Å². The fraction of sp³-hybridized carbons (Fsp3) is 0.450. The molecule has 2 aromatic rings. The van der Waals surface area contributed by atoms with Crippen LogP contribution in [0.4, 0.5) is 11.8 Å². The van der Waals surface area contributed by atoms with Crippen LogP contribution >= 0.6 is 0 Å². The first-order valence-electron chi connectivity index (χ1n) is 9.39. The molecular formula is C20H27N5O3. The lowest BCUT2D eigenvalue weighted by atomic mass is 10.1. The lowest BCUT2D eigenvalue weighted by molar-refractivity contribution is -0.129. The summed E-state index contributed by atoms with van der Waals surface area (Å²) >= 11 is 0. The van der Waals surface area contributed by atoms with Crippen LogP contribution in [0.15, 0.2) is 30.5 Å². The SMILES string of the molecule is COc1ccc(CCNc2ccnc(N3CCN(C(C)=O)CC3)n2)cc1OC. The Labute approximate surface area is 165 Å². The molecule has 3 rings (SSSR count). The molecule has 150 valence electrons. The Morgan fingerprint density at radius 2 is 1.86 bits per heavy atom. The average molecular weight is 385 g/mol. The number of carbonyl (C=O) groups excluding carboxylic acids is 1. The number of nitrogens with one attached hydrogen (secondary N) is 1. The van der Waals surface area contributed by atoms with E-state index in [4.69, 9.17) is 9.47 Å². The fourth-order valence-corrected chi connectivity index (χ4v) is 3.19. The topological polar surface area (TPSA) is 79.8 Å². The van der Waals surface area contributed by atoms with Gasteiger partial charge in [0.2, 0.25) is 11.9 Å². The minimum atomic E-state index is 0.117. The predicted octanol–water partition coefficient (Wildman–Crippen LogP) is 1.82. The summed E-state index contributed by atoms with van der Waals surface area (Å²) in [6.45, 7) is 5.24. The van der Waals surface area contributed by atoms with Crippen molar-refractivity contribution < 1.29 is 14.3 Å². The van der Waals surface area contributed by atoms with Crippen molar-refractivity contribution in [1.29, 1.82) is 0 Å². The van der Waals surface area contributed by atoms with E-state index in [2.05, 4.69) is 20.2 Å². The zero-order valence-corrected chi connectivity index (χ0v) is 16.6. The summed E-state index contributed by atoms with van der Waals surface area (Å²) < 4.78 is 10.6. The summed E-state index contributed by atoms with van der Waals surface area (Å²) in [6, 6.07) is 7.80. The summed E-state index contributed by atoms with van der Waals surface area (Å²) in [5, 5.41) is 3.35.